The van der Waals surface area contributed by atoms with Crippen LogP contribution in [0.25, 0.3) is 0 Å². The average Bonchev–Trinajstić information content (AvgIpc) is 2.70. The van der Waals surface area contributed by atoms with Crippen LogP contribution < -0.4 is 0 Å². The van der Waals surface area contributed by atoms with E-state index in [0.29, 0.717) is 12.7 Å². The molecule has 2 heterocycles. The van der Waals surface area contributed by atoms with E-state index in [-0.39, 0.29) is 0 Å². The first kappa shape index (κ1) is 19.9. The van der Waals surface area contributed by atoms with Gasteiger partial charge >= 0.3 is 0 Å². The fraction of sp³-hybridized carbons (Fsp3) is 0.591. The van der Waals surface area contributed by atoms with E-state index >= 15 is 0 Å². The van der Waals surface area contributed by atoms with E-state index in [0.717, 1.165) is 70.8 Å². The number of likely N-dealkylation sites (N-methyl/N-ethyl adjacent to an activating group) is 1. The van der Waals surface area contributed by atoms with Crippen LogP contribution in [-0.4, -0.2) is 80.3 Å². The first-order valence-electron chi connectivity index (χ1n) is 9.92. The summed E-state index contributed by atoms with van der Waals surface area (Å²) in [6.45, 7) is 8.89. The molecule has 0 aliphatic carbocycles. The molecule has 3 rings (SSSR count). The Bertz CT molecular complexity index is 686. The topological polar surface area (TPSA) is 42.7 Å². The molecule has 0 amide bonds. The van der Waals surface area contributed by atoms with E-state index in [1.165, 1.54) is 5.56 Å². The lowest BCUT2D eigenvalue weighted by molar-refractivity contribution is 0.0226. The SMILES string of the molecule is CN1CCN(CC#CCOC2CCN(Cc3cccc(C#N)c3)CC2)CC1. The molecule has 2 fully saturated rings. The molecule has 0 spiro atoms. The van der Waals surface area contributed by atoms with Gasteiger partial charge < -0.3 is 9.64 Å². The highest BCUT2D eigenvalue weighted by molar-refractivity contribution is 5.32. The van der Waals surface area contributed by atoms with Crippen molar-refractivity contribution in [2.75, 3.05) is 59.5 Å². The highest BCUT2D eigenvalue weighted by Gasteiger charge is 2.19. The first-order chi connectivity index (χ1) is 13.2. The van der Waals surface area contributed by atoms with Crippen LogP contribution in [0.3, 0.4) is 0 Å². The van der Waals surface area contributed by atoms with Crippen molar-refractivity contribution in [1.29, 1.82) is 5.26 Å². The molecule has 1 aromatic carbocycles. The second kappa shape index (κ2) is 10.4. The Labute approximate surface area is 163 Å². The zero-order valence-corrected chi connectivity index (χ0v) is 16.4. The van der Waals surface area contributed by atoms with Crippen LogP contribution >= 0.6 is 0 Å². The summed E-state index contributed by atoms with van der Waals surface area (Å²) in [4.78, 5) is 7.21. The normalized spacial score (nSPS) is 20.0. The number of hydrogen-bond donors (Lipinski definition) is 0. The van der Waals surface area contributed by atoms with Crippen LogP contribution in [0.4, 0.5) is 0 Å². The lowest BCUT2D eigenvalue weighted by atomic mass is 10.1. The summed E-state index contributed by atoms with van der Waals surface area (Å²) in [6, 6.07) is 10.1. The zero-order valence-electron chi connectivity index (χ0n) is 16.4. The fourth-order valence-electron chi connectivity index (χ4n) is 3.62. The Morgan fingerprint density at radius 3 is 2.56 bits per heavy atom. The minimum atomic E-state index is 0.324. The molecule has 5 nitrogen and oxygen atoms in total. The van der Waals surface area contributed by atoms with E-state index < -0.39 is 0 Å². The summed E-state index contributed by atoms with van der Waals surface area (Å²) in [7, 11) is 2.17. The number of benzene rings is 1. The molecule has 2 saturated heterocycles. The molecule has 0 N–H and O–H groups in total. The number of nitrogens with zero attached hydrogens (tertiary/aromatic N) is 4. The minimum absolute atomic E-state index is 0.324. The van der Waals surface area contributed by atoms with Crippen molar-refractivity contribution >= 4 is 0 Å². The molecule has 1 aromatic rings. The van der Waals surface area contributed by atoms with Gasteiger partial charge in [0.25, 0.3) is 0 Å². The van der Waals surface area contributed by atoms with Crippen molar-refractivity contribution in [3.63, 3.8) is 0 Å². The largest absolute Gasteiger partial charge is 0.365 e. The number of hydrogen-bond acceptors (Lipinski definition) is 5. The van der Waals surface area contributed by atoms with E-state index in [2.05, 4.69) is 45.7 Å². The molecule has 0 unspecified atom stereocenters. The van der Waals surface area contributed by atoms with Gasteiger partial charge in [-0.15, -0.1) is 0 Å². The molecule has 144 valence electrons. The molecule has 0 radical (unpaired) electrons. The van der Waals surface area contributed by atoms with Crippen LogP contribution in [-0.2, 0) is 11.3 Å². The maximum absolute atomic E-state index is 9.01. The van der Waals surface area contributed by atoms with Gasteiger partial charge in [-0.25, -0.2) is 0 Å². The number of piperidine rings is 1. The third-order valence-electron chi connectivity index (χ3n) is 5.41. The van der Waals surface area contributed by atoms with E-state index in [9.17, 15) is 0 Å². The summed E-state index contributed by atoms with van der Waals surface area (Å²) >= 11 is 0. The Balaban J connectivity index is 1.31. The summed E-state index contributed by atoms with van der Waals surface area (Å²) in [5, 5.41) is 9.01. The predicted molar refractivity (Wildman–Crippen MR) is 107 cm³/mol. The van der Waals surface area contributed by atoms with Gasteiger partial charge in [-0.05, 0) is 37.6 Å². The van der Waals surface area contributed by atoms with Gasteiger partial charge in [0.05, 0.1) is 24.3 Å². The van der Waals surface area contributed by atoms with Crippen molar-refractivity contribution in [3.05, 3.63) is 35.4 Å². The standard InChI is InChI=1S/C22H30N4O/c1-24-12-14-25(15-13-24)9-2-3-16-27-22-7-10-26(11-8-22)19-21-6-4-5-20(17-21)18-23/h4-6,17,22H,7-16,19H2,1H3. The second-order valence-corrected chi connectivity index (χ2v) is 7.53. The monoisotopic (exact) mass is 366 g/mol. The predicted octanol–water partition coefficient (Wildman–Crippen LogP) is 1.79. The highest BCUT2D eigenvalue weighted by atomic mass is 16.5. The van der Waals surface area contributed by atoms with Crippen molar-refractivity contribution in [2.45, 2.75) is 25.5 Å². The third-order valence-corrected chi connectivity index (χ3v) is 5.41. The minimum Gasteiger partial charge on any atom is -0.365 e. The summed E-state index contributed by atoms with van der Waals surface area (Å²) in [6.07, 6.45) is 2.43. The fourth-order valence-corrected chi connectivity index (χ4v) is 3.62. The summed E-state index contributed by atoms with van der Waals surface area (Å²) < 4.78 is 5.95. The lowest BCUT2D eigenvalue weighted by Crippen LogP contribution is -2.44. The summed E-state index contributed by atoms with van der Waals surface area (Å²) in [5.74, 6) is 6.44. The van der Waals surface area contributed by atoms with Gasteiger partial charge in [-0.1, -0.05) is 24.0 Å². The average molecular weight is 367 g/mol. The quantitative estimate of drug-likeness (QED) is 0.744. The number of ether oxygens (including phenoxy) is 1. The van der Waals surface area contributed by atoms with E-state index in [1.54, 1.807) is 0 Å². The van der Waals surface area contributed by atoms with Crippen molar-refractivity contribution < 1.29 is 4.74 Å². The molecule has 0 saturated carbocycles. The van der Waals surface area contributed by atoms with Gasteiger partial charge in [0.1, 0.15) is 6.61 Å². The van der Waals surface area contributed by atoms with Crippen molar-refractivity contribution in [2.24, 2.45) is 0 Å². The molecule has 2 aliphatic heterocycles. The molecule has 0 atom stereocenters. The Hall–Kier alpha value is -1.89. The Morgan fingerprint density at radius 2 is 1.81 bits per heavy atom. The number of rotatable bonds is 5. The molecular formula is C22H30N4O. The van der Waals surface area contributed by atoms with Crippen LogP contribution in [0.15, 0.2) is 24.3 Å². The molecule has 2 aliphatic rings. The zero-order chi connectivity index (χ0) is 18.9. The van der Waals surface area contributed by atoms with Crippen molar-refractivity contribution in [1.82, 2.24) is 14.7 Å². The van der Waals surface area contributed by atoms with Gasteiger partial charge in [0, 0.05) is 45.8 Å². The molecule has 0 aromatic heterocycles. The smallest absolute Gasteiger partial charge is 0.108 e. The second-order valence-electron chi connectivity index (χ2n) is 7.53. The number of likely N-dealkylation sites (tertiary alicyclic amines) is 1. The van der Waals surface area contributed by atoms with Crippen LogP contribution in [0, 0.1) is 23.2 Å². The van der Waals surface area contributed by atoms with Crippen LogP contribution in [0.1, 0.15) is 24.0 Å². The number of piperazine rings is 1. The van der Waals surface area contributed by atoms with Crippen LogP contribution in [0.5, 0.6) is 0 Å². The maximum atomic E-state index is 9.01. The van der Waals surface area contributed by atoms with E-state index in [1.807, 2.05) is 18.2 Å². The van der Waals surface area contributed by atoms with Crippen LogP contribution in [0.2, 0.25) is 0 Å². The van der Waals surface area contributed by atoms with E-state index in [4.69, 9.17) is 10.00 Å². The third kappa shape index (κ3) is 6.65. The van der Waals surface area contributed by atoms with Crippen molar-refractivity contribution in [3.8, 4) is 17.9 Å². The Morgan fingerprint density at radius 1 is 1.04 bits per heavy atom. The molecule has 27 heavy (non-hydrogen) atoms. The lowest BCUT2D eigenvalue weighted by Gasteiger charge is -2.31. The molecule has 0 bridgehead atoms. The van der Waals surface area contributed by atoms with Gasteiger partial charge in [-0.2, -0.15) is 5.26 Å². The molecule has 5 heteroatoms. The first-order valence-corrected chi connectivity index (χ1v) is 9.92. The van der Waals surface area contributed by atoms with Gasteiger partial charge in [-0.3, -0.25) is 9.80 Å². The Kier molecular flexibility index (Phi) is 7.68. The van der Waals surface area contributed by atoms with Gasteiger partial charge in [0.15, 0.2) is 0 Å². The molecular weight excluding hydrogens is 336 g/mol. The van der Waals surface area contributed by atoms with Gasteiger partial charge in [0.2, 0.25) is 0 Å². The number of nitriles is 1. The maximum Gasteiger partial charge on any atom is 0.108 e. The summed E-state index contributed by atoms with van der Waals surface area (Å²) in [5.41, 5.74) is 1.95. The highest BCUT2D eigenvalue weighted by Crippen LogP contribution is 2.16.